The molecule has 1 aliphatic heterocycles. The van der Waals surface area contributed by atoms with Crippen molar-refractivity contribution in [1.82, 2.24) is 9.55 Å². The molecule has 1 fully saturated rings. The fourth-order valence-electron chi connectivity index (χ4n) is 4.02. The van der Waals surface area contributed by atoms with Crippen LogP contribution >= 0.6 is 0 Å². The van der Waals surface area contributed by atoms with Crippen LogP contribution in [0.2, 0.25) is 0 Å². The highest BCUT2D eigenvalue weighted by atomic mass is 16.5. The molecule has 3 aromatic rings. The van der Waals surface area contributed by atoms with Gasteiger partial charge in [0.1, 0.15) is 0 Å². The predicted molar refractivity (Wildman–Crippen MR) is 120 cm³/mol. The van der Waals surface area contributed by atoms with E-state index >= 15 is 0 Å². The molecule has 0 aliphatic carbocycles. The number of aromatic carboxylic acids is 1. The summed E-state index contributed by atoms with van der Waals surface area (Å²) in [5, 5.41) is 13.3. The van der Waals surface area contributed by atoms with E-state index in [1.54, 1.807) is 35.9 Å². The summed E-state index contributed by atoms with van der Waals surface area (Å²) in [5.74, 6) is -0.380. The number of hydrogen-bond donors (Lipinski definition) is 2. The van der Waals surface area contributed by atoms with Crippen LogP contribution in [0.15, 0.2) is 41.2 Å². The number of benzene rings is 2. The van der Waals surface area contributed by atoms with Crippen molar-refractivity contribution in [3.05, 3.63) is 63.4 Å². The number of carbonyl (C=O) groups is 1. The van der Waals surface area contributed by atoms with Crippen molar-refractivity contribution in [3.8, 4) is 0 Å². The number of fused-ring (bicyclic) bond motifs is 1. The fraction of sp³-hybridized carbons (Fsp3) is 0.348. The molecule has 0 bridgehead atoms. The third kappa shape index (κ3) is 3.98. The van der Waals surface area contributed by atoms with Crippen molar-refractivity contribution in [3.63, 3.8) is 0 Å². The summed E-state index contributed by atoms with van der Waals surface area (Å²) >= 11 is 0. The largest absolute Gasteiger partial charge is 0.478 e. The number of nitrogens with one attached hydrogen (secondary N) is 1. The van der Waals surface area contributed by atoms with Crippen LogP contribution in [0.5, 0.6) is 0 Å². The van der Waals surface area contributed by atoms with Crippen molar-refractivity contribution < 1.29 is 14.6 Å². The van der Waals surface area contributed by atoms with Gasteiger partial charge in [0.2, 0.25) is 5.95 Å². The van der Waals surface area contributed by atoms with Crippen molar-refractivity contribution in [1.29, 1.82) is 0 Å². The Balaban J connectivity index is 1.83. The Morgan fingerprint density at radius 3 is 2.65 bits per heavy atom. The molecule has 1 atom stereocenters. The zero-order chi connectivity index (χ0) is 22.1. The number of aryl methyl sites for hydroxylation is 1. The highest BCUT2D eigenvalue weighted by Crippen LogP contribution is 2.29. The van der Waals surface area contributed by atoms with Crippen molar-refractivity contribution >= 4 is 28.5 Å². The van der Waals surface area contributed by atoms with Gasteiger partial charge < -0.3 is 20.1 Å². The molecule has 2 aromatic carbocycles. The van der Waals surface area contributed by atoms with Gasteiger partial charge in [-0.15, -0.1) is 0 Å². The van der Waals surface area contributed by atoms with E-state index in [0.717, 1.165) is 11.1 Å². The van der Waals surface area contributed by atoms with Crippen LogP contribution < -0.4 is 15.8 Å². The standard InChI is InChI=1S/C23H26N4O4/c1-14-12-17(15(2)24-19-7-5-4-6-16(19)22(29)30)20-18(13-14)21(28)26(3)23(25-20)27-8-10-31-11-9-27/h4-7,12-13,15,24H,8-11H2,1-3H3,(H,29,30)/t15-/m0/s1. The minimum absolute atomic E-state index is 0.102. The number of ether oxygens (including phenoxy) is 1. The minimum Gasteiger partial charge on any atom is -0.478 e. The number of aromatic nitrogens is 2. The number of para-hydroxylation sites is 1. The van der Waals surface area contributed by atoms with Crippen molar-refractivity contribution in [2.75, 3.05) is 36.5 Å². The van der Waals surface area contributed by atoms with E-state index in [4.69, 9.17) is 9.72 Å². The maximum absolute atomic E-state index is 13.2. The molecule has 1 aromatic heterocycles. The lowest BCUT2D eigenvalue weighted by molar-refractivity contribution is 0.0698. The van der Waals surface area contributed by atoms with Gasteiger partial charge in [-0.25, -0.2) is 9.78 Å². The summed E-state index contributed by atoms with van der Waals surface area (Å²) in [6.45, 7) is 6.42. The monoisotopic (exact) mass is 422 g/mol. The van der Waals surface area contributed by atoms with E-state index in [2.05, 4.69) is 10.2 Å². The van der Waals surface area contributed by atoms with Gasteiger partial charge >= 0.3 is 5.97 Å². The maximum atomic E-state index is 13.2. The van der Waals surface area contributed by atoms with Gasteiger partial charge in [0.25, 0.3) is 5.56 Å². The predicted octanol–water partition coefficient (Wildman–Crippen LogP) is 2.95. The fourth-order valence-corrected chi connectivity index (χ4v) is 4.02. The molecule has 1 saturated heterocycles. The van der Waals surface area contributed by atoms with Crippen LogP contribution in [0, 0.1) is 6.92 Å². The molecule has 4 rings (SSSR count). The summed E-state index contributed by atoms with van der Waals surface area (Å²) in [6.07, 6.45) is 0. The normalized spacial score (nSPS) is 15.1. The zero-order valence-corrected chi connectivity index (χ0v) is 17.9. The third-order valence-electron chi connectivity index (χ3n) is 5.62. The molecule has 8 nitrogen and oxygen atoms in total. The highest BCUT2D eigenvalue weighted by molar-refractivity contribution is 5.94. The van der Waals surface area contributed by atoms with E-state index in [1.165, 1.54) is 0 Å². The molecule has 0 radical (unpaired) electrons. The number of morpholine rings is 1. The second-order valence-corrected chi connectivity index (χ2v) is 7.84. The second kappa shape index (κ2) is 8.39. The first-order chi connectivity index (χ1) is 14.9. The molecule has 0 saturated carbocycles. The number of carboxylic acids is 1. The third-order valence-corrected chi connectivity index (χ3v) is 5.62. The number of nitrogens with zero attached hydrogens (tertiary/aromatic N) is 3. The van der Waals surface area contributed by atoms with E-state index in [9.17, 15) is 14.7 Å². The zero-order valence-electron chi connectivity index (χ0n) is 17.9. The van der Waals surface area contributed by atoms with Gasteiger partial charge in [-0.3, -0.25) is 9.36 Å². The summed E-state index contributed by atoms with van der Waals surface area (Å²) in [7, 11) is 1.74. The van der Waals surface area contributed by atoms with Crippen LogP contribution in [-0.2, 0) is 11.8 Å². The molecule has 0 unspecified atom stereocenters. The van der Waals surface area contributed by atoms with Gasteiger partial charge in [0.15, 0.2) is 0 Å². The molecule has 162 valence electrons. The van der Waals surface area contributed by atoms with Gasteiger partial charge in [-0.05, 0) is 37.6 Å². The molecule has 31 heavy (non-hydrogen) atoms. The summed E-state index contributed by atoms with van der Waals surface area (Å²) < 4.78 is 7.03. The van der Waals surface area contributed by atoms with Gasteiger partial charge in [-0.1, -0.05) is 18.2 Å². The van der Waals surface area contributed by atoms with Crippen LogP contribution in [0.1, 0.15) is 34.5 Å². The smallest absolute Gasteiger partial charge is 0.337 e. The van der Waals surface area contributed by atoms with Gasteiger partial charge in [0, 0.05) is 31.4 Å². The average molecular weight is 422 g/mol. The number of carboxylic acid groups (broad SMARTS) is 1. The van der Waals surface area contributed by atoms with Crippen molar-refractivity contribution in [2.45, 2.75) is 19.9 Å². The van der Waals surface area contributed by atoms with Crippen LogP contribution in [0.25, 0.3) is 10.9 Å². The lowest BCUT2D eigenvalue weighted by atomic mass is 10.0. The summed E-state index contributed by atoms with van der Waals surface area (Å²) in [4.78, 5) is 31.7. The van der Waals surface area contributed by atoms with E-state index < -0.39 is 5.97 Å². The molecule has 2 heterocycles. The molecule has 1 aliphatic rings. The highest BCUT2D eigenvalue weighted by Gasteiger charge is 2.21. The molecule has 2 N–H and O–H groups in total. The quantitative estimate of drug-likeness (QED) is 0.652. The summed E-state index contributed by atoms with van der Waals surface area (Å²) in [6, 6.07) is 10.4. The Morgan fingerprint density at radius 1 is 1.23 bits per heavy atom. The molecule has 0 amide bonds. The maximum Gasteiger partial charge on any atom is 0.337 e. The number of hydrogen-bond acceptors (Lipinski definition) is 6. The van der Waals surface area contributed by atoms with Gasteiger partial charge in [0.05, 0.1) is 35.7 Å². The van der Waals surface area contributed by atoms with Crippen LogP contribution in [-0.4, -0.2) is 46.9 Å². The van der Waals surface area contributed by atoms with E-state index in [1.807, 2.05) is 26.0 Å². The second-order valence-electron chi connectivity index (χ2n) is 7.84. The first-order valence-electron chi connectivity index (χ1n) is 10.3. The topological polar surface area (TPSA) is 96.7 Å². The first-order valence-corrected chi connectivity index (χ1v) is 10.3. The molecule has 8 heteroatoms. The first kappa shape index (κ1) is 20.9. The Morgan fingerprint density at radius 2 is 1.94 bits per heavy atom. The lowest BCUT2D eigenvalue weighted by Crippen LogP contribution is -2.40. The lowest BCUT2D eigenvalue weighted by Gasteiger charge is -2.29. The van der Waals surface area contributed by atoms with Crippen LogP contribution in [0.3, 0.4) is 0 Å². The average Bonchev–Trinajstić information content (AvgIpc) is 2.77. The Labute approximate surface area is 180 Å². The van der Waals surface area contributed by atoms with E-state index in [-0.39, 0.29) is 17.2 Å². The Kier molecular flexibility index (Phi) is 5.65. The Bertz CT molecular complexity index is 1200. The molecular weight excluding hydrogens is 396 g/mol. The van der Waals surface area contributed by atoms with Crippen LogP contribution in [0.4, 0.5) is 11.6 Å². The number of rotatable bonds is 5. The van der Waals surface area contributed by atoms with Gasteiger partial charge in [-0.2, -0.15) is 0 Å². The Hall–Kier alpha value is -3.39. The van der Waals surface area contributed by atoms with Crippen molar-refractivity contribution in [2.24, 2.45) is 7.05 Å². The van der Waals surface area contributed by atoms with E-state index in [0.29, 0.717) is 48.8 Å². The molecular formula is C23H26N4O4. The molecule has 0 spiro atoms. The summed E-state index contributed by atoms with van der Waals surface area (Å²) in [5.41, 5.74) is 3.04. The number of anilines is 2. The SMILES string of the molecule is Cc1cc([C@H](C)Nc2ccccc2C(=O)O)c2nc(N3CCOCC3)n(C)c(=O)c2c1. The minimum atomic E-state index is -0.994.